The predicted molar refractivity (Wildman–Crippen MR) is 85.5 cm³/mol. The summed E-state index contributed by atoms with van der Waals surface area (Å²) in [6.45, 7) is 2.28. The van der Waals surface area contributed by atoms with Crippen molar-refractivity contribution in [3.8, 4) is 0 Å². The number of nitrogens with zero attached hydrogens (tertiary/aromatic N) is 2. The number of rotatable bonds is 2. The van der Waals surface area contributed by atoms with Crippen LogP contribution in [0, 0.1) is 11.7 Å². The molecule has 114 valence electrons. The number of hydrogen-bond donors (Lipinski definition) is 0. The van der Waals surface area contributed by atoms with E-state index in [1.54, 1.807) is 6.07 Å². The fraction of sp³-hybridized carbons (Fsp3) is 0.562. The van der Waals surface area contributed by atoms with E-state index in [0.29, 0.717) is 23.4 Å². The number of aromatic nitrogens is 2. The van der Waals surface area contributed by atoms with Crippen molar-refractivity contribution in [1.29, 1.82) is 0 Å². The number of hydrogen-bond acceptors (Lipinski definition) is 1. The minimum atomic E-state index is -0.427. The molecule has 0 aliphatic heterocycles. The van der Waals surface area contributed by atoms with Crippen molar-refractivity contribution in [3.05, 3.63) is 28.8 Å². The first kappa shape index (κ1) is 15.1. The Bertz CT molecular complexity index is 653. The highest BCUT2D eigenvalue weighted by atomic mass is 35.5. The average Bonchev–Trinajstić information content (AvgIpc) is 2.66. The van der Waals surface area contributed by atoms with Crippen molar-refractivity contribution >= 4 is 34.2 Å². The fourth-order valence-corrected chi connectivity index (χ4v) is 3.81. The van der Waals surface area contributed by atoms with Crippen LogP contribution in [0.2, 0.25) is 5.02 Å². The molecule has 2 atom stereocenters. The van der Waals surface area contributed by atoms with Gasteiger partial charge in [-0.15, -0.1) is 11.6 Å². The number of fused-ring (bicyclic) bond motifs is 1. The normalized spacial score (nSPS) is 23.4. The number of benzene rings is 1. The average molecular weight is 329 g/mol. The molecule has 3 rings (SSSR count). The zero-order chi connectivity index (χ0) is 15.0. The molecule has 2 aromatic rings. The van der Waals surface area contributed by atoms with Gasteiger partial charge >= 0.3 is 0 Å². The lowest BCUT2D eigenvalue weighted by molar-refractivity contribution is 0.335. The summed E-state index contributed by atoms with van der Waals surface area (Å²) >= 11 is 12.1. The van der Waals surface area contributed by atoms with Crippen molar-refractivity contribution in [2.45, 2.75) is 50.9 Å². The van der Waals surface area contributed by atoms with E-state index in [4.69, 9.17) is 23.2 Å². The van der Waals surface area contributed by atoms with Crippen molar-refractivity contribution in [2.24, 2.45) is 5.92 Å². The van der Waals surface area contributed by atoms with Crippen molar-refractivity contribution < 1.29 is 4.39 Å². The van der Waals surface area contributed by atoms with Gasteiger partial charge in [0.25, 0.3) is 0 Å². The topological polar surface area (TPSA) is 17.8 Å². The second kappa shape index (κ2) is 6.13. The summed E-state index contributed by atoms with van der Waals surface area (Å²) in [5.74, 6) is 1.28. The van der Waals surface area contributed by atoms with Crippen LogP contribution in [0.3, 0.4) is 0 Å². The van der Waals surface area contributed by atoms with Crippen molar-refractivity contribution in [1.82, 2.24) is 9.55 Å². The second-order valence-corrected chi connectivity index (χ2v) is 6.64. The minimum Gasteiger partial charge on any atom is -0.324 e. The van der Waals surface area contributed by atoms with Gasteiger partial charge in [-0.25, -0.2) is 9.37 Å². The van der Waals surface area contributed by atoms with Crippen LogP contribution in [-0.2, 0) is 5.88 Å². The Balaban J connectivity index is 2.17. The summed E-state index contributed by atoms with van der Waals surface area (Å²) in [6, 6.07) is 3.46. The third kappa shape index (κ3) is 2.78. The van der Waals surface area contributed by atoms with Gasteiger partial charge in [0.15, 0.2) is 0 Å². The Labute approximate surface area is 134 Å². The highest BCUT2D eigenvalue weighted by Crippen LogP contribution is 2.37. The standard InChI is InChI=1S/C16H19Cl2FN2/c1-10-5-3-2-4-6-14(10)21-15-7-11(18)12(19)8-13(15)20-16(21)9-17/h7-8,10,14H,2-6,9H2,1H3. The van der Waals surface area contributed by atoms with Gasteiger partial charge in [0.05, 0.1) is 21.9 Å². The molecule has 1 saturated carbocycles. The van der Waals surface area contributed by atoms with Gasteiger partial charge in [0, 0.05) is 12.1 Å². The lowest BCUT2D eigenvalue weighted by Crippen LogP contribution is -2.18. The third-order valence-electron chi connectivity index (χ3n) is 4.57. The van der Waals surface area contributed by atoms with Crippen LogP contribution in [-0.4, -0.2) is 9.55 Å². The Kier molecular flexibility index (Phi) is 4.41. The summed E-state index contributed by atoms with van der Waals surface area (Å²) in [6.07, 6.45) is 6.09. The van der Waals surface area contributed by atoms with Crippen LogP contribution in [0.4, 0.5) is 4.39 Å². The van der Waals surface area contributed by atoms with Gasteiger partial charge < -0.3 is 4.57 Å². The molecule has 0 N–H and O–H groups in total. The summed E-state index contributed by atoms with van der Waals surface area (Å²) < 4.78 is 15.9. The molecule has 1 fully saturated rings. The van der Waals surface area contributed by atoms with Gasteiger partial charge in [0.1, 0.15) is 11.6 Å². The maximum atomic E-state index is 13.7. The zero-order valence-corrected chi connectivity index (χ0v) is 13.6. The number of imidazole rings is 1. The number of alkyl halides is 1. The lowest BCUT2D eigenvalue weighted by atomic mass is 9.96. The van der Waals surface area contributed by atoms with E-state index in [-0.39, 0.29) is 5.02 Å². The molecular weight excluding hydrogens is 310 g/mol. The molecule has 1 aromatic carbocycles. The van der Waals surface area contributed by atoms with E-state index >= 15 is 0 Å². The summed E-state index contributed by atoms with van der Waals surface area (Å²) in [5, 5.41) is 0.144. The minimum absolute atomic E-state index is 0.144. The predicted octanol–water partition coefficient (Wildman–Crippen LogP) is 5.71. The van der Waals surface area contributed by atoms with Gasteiger partial charge in [-0.05, 0) is 24.8 Å². The highest BCUT2D eigenvalue weighted by molar-refractivity contribution is 6.31. The summed E-state index contributed by atoms with van der Waals surface area (Å²) in [7, 11) is 0. The van der Waals surface area contributed by atoms with Gasteiger partial charge in [-0.1, -0.05) is 37.8 Å². The SMILES string of the molecule is CC1CCCCCC1n1c(CCl)nc2cc(F)c(Cl)cc21. The quantitative estimate of drug-likeness (QED) is 0.510. The molecule has 0 bridgehead atoms. The molecule has 0 radical (unpaired) electrons. The van der Waals surface area contributed by atoms with E-state index in [1.807, 2.05) is 0 Å². The van der Waals surface area contributed by atoms with Crippen LogP contribution in [0.15, 0.2) is 12.1 Å². The lowest BCUT2D eigenvalue weighted by Gasteiger charge is -2.25. The molecule has 0 amide bonds. The molecule has 1 aliphatic carbocycles. The van der Waals surface area contributed by atoms with Gasteiger partial charge in [-0.3, -0.25) is 0 Å². The molecule has 5 heteroatoms. The molecule has 1 aromatic heterocycles. The summed E-state index contributed by atoms with van der Waals surface area (Å²) in [4.78, 5) is 4.51. The molecule has 1 heterocycles. The zero-order valence-electron chi connectivity index (χ0n) is 12.1. The molecule has 1 aliphatic rings. The molecule has 21 heavy (non-hydrogen) atoms. The largest absolute Gasteiger partial charge is 0.324 e. The van der Waals surface area contributed by atoms with Crippen LogP contribution in [0.5, 0.6) is 0 Å². The Morgan fingerprint density at radius 2 is 2.05 bits per heavy atom. The maximum Gasteiger partial charge on any atom is 0.144 e. The smallest absolute Gasteiger partial charge is 0.144 e. The van der Waals surface area contributed by atoms with Crippen LogP contribution < -0.4 is 0 Å². The van der Waals surface area contributed by atoms with Crippen LogP contribution >= 0.6 is 23.2 Å². The molecule has 0 spiro atoms. The first-order valence-electron chi connectivity index (χ1n) is 7.53. The summed E-state index contributed by atoms with van der Waals surface area (Å²) in [5.41, 5.74) is 1.54. The van der Waals surface area contributed by atoms with E-state index < -0.39 is 5.82 Å². The first-order chi connectivity index (χ1) is 10.1. The Morgan fingerprint density at radius 3 is 2.81 bits per heavy atom. The first-order valence-corrected chi connectivity index (χ1v) is 8.45. The Morgan fingerprint density at radius 1 is 1.29 bits per heavy atom. The van der Waals surface area contributed by atoms with Gasteiger partial charge in [0.2, 0.25) is 0 Å². The molecule has 2 nitrogen and oxygen atoms in total. The molecule has 2 unspecified atom stereocenters. The van der Waals surface area contributed by atoms with E-state index in [2.05, 4.69) is 16.5 Å². The van der Waals surface area contributed by atoms with Crippen LogP contribution in [0.25, 0.3) is 11.0 Å². The van der Waals surface area contributed by atoms with Crippen molar-refractivity contribution in [2.75, 3.05) is 0 Å². The highest BCUT2D eigenvalue weighted by Gasteiger charge is 2.26. The van der Waals surface area contributed by atoms with Crippen LogP contribution in [0.1, 0.15) is 50.9 Å². The second-order valence-electron chi connectivity index (χ2n) is 5.97. The molecular formula is C16H19Cl2FN2. The van der Waals surface area contributed by atoms with Gasteiger partial charge in [-0.2, -0.15) is 0 Å². The third-order valence-corrected chi connectivity index (χ3v) is 5.10. The van der Waals surface area contributed by atoms with E-state index in [9.17, 15) is 4.39 Å². The van der Waals surface area contributed by atoms with E-state index in [1.165, 1.54) is 31.7 Å². The van der Waals surface area contributed by atoms with E-state index in [0.717, 1.165) is 17.8 Å². The number of halogens is 3. The van der Waals surface area contributed by atoms with Crippen molar-refractivity contribution in [3.63, 3.8) is 0 Å². The monoisotopic (exact) mass is 328 g/mol. The molecule has 0 saturated heterocycles. The Hall–Kier alpha value is -0.800. The maximum absolute atomic E-state index is 13.7. The fourth-order valence-electron chi connectivity index (χ4n) is 3.46.